The zero-order valence-corrected chi connectivity index (χ0v) is 15.3. The minimum atomic E-state index is -0.304. The molecule has 0 fully saturated rings. The van der Waals surface area contributed by atoms with Crippen LogP contribution in [0.15, 0.2) is 47.2 Å². The topological polar surface area (TPSA) is 64.7 Å². The van der Waals surface area contributed by atoms with Crippen molar-refractivity contribution in [3.63, 3.8) is 0 Å². The van der Waals surface area contributed by atoms with E-state index in [2.05, 4.69) is 31.4 Å². The van der Waals surface area contributed by atoms with Crippen molar-refractivity contribution in [3.05, 3.63) is 63.5 Å². The number of rotatable bonds is 5. The largest absolute Gasteiger partial charge is 0.304 e. The molecule has 8 heteroatoms. The first-order chi connectivity index (χ1) is 11.5. The second-order valence-corrected chi connectivity index (χ2v) is 6.45. The molecule has 0 atom stereocenters. The van der Waals surface area contributed by atoms with E-state index in [1.54, 1.807) is 27.8 Å². The zero-order chi connectivity index (χ0) is 17.1. The molecule has 0 unspecified atom stereocenters. The number of hydrogen-bond acceptors (Lipinski definition) is 3. The van der Waals surface area contributed by atoms with E-state index < -0.39 is 0 Å². The average Bonchev–Trinajstić information content (AvgIpc) is 3.13. The van der Waals surface area contributed by atoms with Gasteiger partial charge in [0.1, 0.15) is 0 Å². The predicted molar refractivity (Wildman–Crippen MR) is 96.3 cm³/mol. The summed E-state index contributed by atoms with van der Waals surface area (Å²) in [6, 6.07) is 9.32. The lowest BCUT2D eigenvalue weighted by Gasteiger charge is -2.03. The van der Waals surface area contributed by atoms with E-state index in [0.717, 1.165) is 5.56 Å². The van der Waals surface area contributed by atoms with Gasteiger partial charge in [0.2, 0.25) is 0 Å². The first kappa shape index (κ1) is 16.7. The highest BCUT2D eigenvalue weighted by atomic mass is 79.9. The van der Waals surface area contributed by atoms with Gasteiger partial charge in [-0.25, -0.2) is 0 Å². The van der Waals surface area contributed by atoms with Gasteiger partial charge < -0.3 is 5.32 Å². The molecule has 1 amide bonds. The van der Waals surface area contributed by atoms with Gasteiger partial charge >= 0.3 is 0 Å². The van der Waals surface area contributed by atoms with Gasteiger partial charge in [0.05, 0.1) is 11.0 Å². The molecule has 0 aliphatic carbocycles. The molecule has 0 saturated carbocycles. The van der Waals surface area contributed by atoms with Crippen LogP contribution in [0.5, 0.6) is 0 Å². The molecule has 0 saturated heterocycles. The van der Waals surface area contributed by atoms with Crippen molar-refractivity contribution in [2.45, 2.75) is 20.0 Å². The molecule has 6 nitrogen and oxygen atoms in total. The Hall–Kier alpha value is -2.12. The van der Waals surface area contributed by atoms with Gasteiger partial charge in [0.25, 0.3) is 5.91 Å². The smallest absolute Gasteiger partial charge is 0.278 e. The van der Waals surface area contributed by atoms with Gasteiger partial charge in [0, 0.05) is 30.0 Å². The van der Waals surface area contributed by atoms with E-state index in [1.807, 2.05) is 31.2 Å². The van der Waals surface area contributed by atoms with Crippen molar-refractivity contribution >= 4 is 39.3 Å². The Morgan fingerprint density at radius 2 is 2.12 bits per heavy atom. The first-order valence-corrected chi connectivity index (χ1v) is 8.54. The van der Waals surface area contributed by atoms with Crippen LogP contribution in [0.4, 0.5) is 5.82 Å². The van der Waals surface area contributed by atoms with E-state index in [0.29, 0.717) is 34.1 Å². The molecule has 124 valence electrons. The highest BCUT2D eigenvalue weighted by molar-refractivity contribution is 9.10. The van der Waals surface area contributed by atoms with E-state index in [-0.39, 0.29) is 5.91 Å². The number of hydrogen-bond donors (Lipinski definition) is 1. The number of benzene rings is 1. The second kappa shape index (κ2) is 7.19. The van der Waals surface area contributed by atoms with Crippen LogP contribution >= 0.6 is 27.5 Å². The van der Waals surface area contributed by atoms with Gasteiger partial charge in [-0.2, -0.15) is 10.2 Å². The Morgan fingerprint density at radius 3 is 2.83 bits per heavy atom. The van der Waals surface area contributed by atoms with Gasteiger partial charge in [-0.15, -0.1) is 0 Å². The number of carbonyl (C=O) groups excluding carboxylic acids is 1. The lowest BCUT2D eigenvalue weighted by atomic mass is 10.2. The van der Waals surface area contributed by atoms with Gasteiger partial charge in [0.15, 0.2) is 11.5 Å². The molecule has 0 bridgehead atoms. The summed E-state index contributed by atoms with van der Waals surface area (Å²) in [6.07, 6.45) is 3.57. The lowest BCUT2D eigenvalue weighted by molar-refractivity contribution is 0.102. The maximum Gasteiger partial charge on any atom is 0.278 e. The molecule has 2 aromatic heterocycles. The predicted octanol–water partition coefficient (Wildman–Crippen LogP) is 3.82. The zero-order valence-electron chi connectivity index (χ0n) is 12.9. The molecular formula is C16H15BrClN5O. The highest BCUT2D eigenvalue weighted by Gasteiger charge is 2.16. The van der Waals surface area contributed by atoms with Gasteiger partial charge in [-0.05, 0) is 40.5 Å². The van der Waals surface area contributed by atoms with Gasteiger partial charge in [-0.3, -0.25) is 14.2 Å². The summed E-state index contributed by atoms with van der Waals surface area (Å²) in [5.41, 5.74) is 1.37. The summed E-state index contributed by atoms with van der Waals surface area (Å²) in [6.45, 7) is 3.23. The van der Waals surface area contributed by atoms with Crippen molar-refractivity contribution in [3.8, 4) is 0 Å². The summed E-state index contributed by atoms with van der Waals surface area (Å²) in [4.78, 5) is 12.3. The van der Waals surface area contributed by atoms with Crippen molar-refractivity contribution in [2.75, 3.05) is 5.32 Å². The van der Waals surface area contributed by atoms with Crippen LogP contribution in [0.3, 0.4) is 0 Å². The van der Waals surface area contributed by atoms with Crippen molar-refractivity contribution in [1.29, 1.82) is 0 Å². The Labute approximate surface area is 152 Å². The van der Waals surface area contributed by atoms with Crippen LogP contribution < -0.4 is 5.32 Å². The summed E-state index contributed by atoms with van der Waals surface area (Å²) in [7, 11) is 0. The molecule has 2 heterocycles. The van der Waals surface area contributed by atoms with Crippen molar-refractivity contribution in [2.24, 2.45) is 0 Å². The molecule has 1 aromatic carbocycles. The molecule has 1 N–H and O–H groups in total. The fourth-order valence-electron chi connectivity index (χ4n) is 2.23. The maximum atomic E-state index is 12.3. The molecule has 3 aromatic rings. The number of carbonyl (C=O) groups is 1. The SMILES string of the molecule is CCn1cc(Br)c(C(=O)Nc2ccn(Cc3cccc(Cl)c3)n2)n1. The number of anilines is 1. The molecule has 3 rings (SSSR count). The minimum Gasteiger partial charge on any atom is -0.304 e. The summed E-state index contributed by atoms with van der Waals surface area (Å²) < 4.78 is 4.08. The van der Waals surface area contributed by atoms with Crippen molar-refractivity contribution in [1.82, 2.24) is 19.6 Å². The number of aryl methyl sites for hydroxylation is 1. The third-order valence-electron chi connectivity index (χ3n) is 3.37. The van der Waals surface area contributed by atoms with E-state index in [4.69, 9.17) is 11.6 Å². The number of halogens is 2. The highest BCUT2D eigenvalue weighted by Crippen LogP contribution is 2.17. The Bertz CT molecular complexity index is 873. The van der Waals surface area contributed by atoms with E-state index >= 15 is 0 Å². The molecule has 0 spiro atoms. The molecular weight excluding hydrogens is 394 g/mol. The Morgan fingerprint density at radius 1 is 1.29 bits per heavy atom. The number of amides is 1. The quantitative estimate of drug-likeness (QED) is 0.698. The first-order valence-electron chi connectivity index (χ1n) is 7.37. The minimum absolute atomic E-state index is 0.304. The van der Waals surface area contributed by atoms with Crippen LogP contribution in [0.1, 0.15) is 23.0 Å². The average molecular weight is 409 g/mol. The molecule has 0 aliphatic heterocycles. The van der Waals surface area contributed by atoms with Gasteiger partial charge in [-0.1, -0.05) is 23.7 Å². The van der Waals surface area contributed by atoms with Crippen LogP contribution in [0, 0.1) is 0 Å². The fraction of sp³-hybridized carbons (Fsp3) is 0.188. The number of nitrogens with zero attached hydrogens (tertiary/aromatic N) is 4. The Kier molecular flexibility index (Phi) is 5.01. The van der Waals surface area contributed by atoms with E-state index in [1.165, 1.54) is 0 Å². The van der Waals surface area contributed by atoms with Crippen LogP contribution in [0.2, 0.25) is 5.02 Å². The molecule has 0 radical (unpaired) electrons. The van der Waals surface area contributed by atoms with Crippen LogP contribution in [-0.4, -0.2) is 25.5 Å². The normalized spacial score (nSPS) is 10.8. The molecule has 24 heavy (non-hydrogen) atoms. The third-order valence-corrected chi connectivity index (χ3v) is 4.19. The molecule has 0 aliphatic rings. The fourth-order valence-corrected chi connectivity index (χ4v) is 2.94. The van der Waals surface area contributed by atoms with Crippen molar-refractivity contribution < 1.29 is 4.79 Å². The summed E-state index contributed by atoms with van der Waals surface area (Å²) in [5.74, 6) is 0.169. The number of aromatic nitrogens is 4. The second-order valence-electron chi connectivity index (χ2n) is 5.16. The van der Waals surface area contributed by atoms with Crippen LogP contribution in [-0.2, 0) is 13.1 Å². The monoisotopic (exact) mass is 407 g/mol. The maximum absolute atomic E-state index is 12.3. The van der Waals surface area contributed by atoms with E-state index in [9.17, 15) is 4.79 Å². The Balaban J connectivity index is 1.69. The third kappa shape index (κ3) is 3.85. The summed E-state index contributed by atoms with van der Waals surface area (Å²) in [5, 5.41) is 12.0. The standard InChI is InChI=1S/C16H15BrClN5O/c1-2-22-10-13(17)15(21-22)16(24)19-14-6-7-23(20-14)9-11-4-3-5-12(18)8-11/h3-8,10H,2,9H2,1H3,(H,19,20,24). The lowest BCUT2D eigenvalue weighted by Crippen LogP contribution is -2.14. The van der Waals surface area contributed by atoms with Crippen LogP contribution in [0.25, 0.3) is 0 Å². The summed E-state index contributed by atoms with van der Waals surface area (Å²) >= 11 is 9.33. The number of nitrogens with one attached hydrogen (secondary N) is 1.